The van der Waals surface area contributed by atoms with Crippen molar-refractivity contribution in [2.45, 2.75) is 32.4 Å². The van der Waals surface area contributed by atoms with E-state index in [1.807, 2.05) is 84.9 Å². The molecule has 3 rings (SSSR count). The number of carbonyl (C=O) groups excluding carboxylic acids is 1. The molecule has 3 aromatic rings. The van der Waals surface area contributed by atoms with Gasteiger partial charge in [0.15, 0.2) is 5.78 Å². The lowest BCUT2D eigenvalue weighted by molar-refractivity contribution is 0.102. The number of ketones is 1. The summed E-state index contributed by atoms with van der Waals surface area (Å²) in [4.78, 5) is 13.5. The Morgan fingerprint density at radius 3 is 1.82 bits per heavy atom. The van der Waals surface area contributed by atoms with E-state index in [9.17, 15) is 4.79 Å². The van der Waals surface area contributed by atoms with E-state index >= 15 is 0 Å². The summed E-state index contributed by atoms with van der Waals surface area (Å²) < 4.78 is 0. The molecule has 0 aliphatic carbocycles. The predicted octanol–water partition coefficient (Wildman–Crippen LogP) is 6.08. The molecule has 142 valence electrons. The molecule has 2 heteroatoms. The second kappa shape index (κ2) is 8.81. The summed E-state index contributed by atoms with van der Waals surface area (Å²) in [5.41, 5.74) is 3.36. The third-order valence-electron chi connectivity index (χ3n) is 4.44. The van der Waals surface area contributed by atoms with Crippen LogP contribution in [0.15, 0.2) is 96.6 Å². The van der Waals surface area contributed by atoms with Crippen molar-refractivity contribution in [2.24, 2.45) is 0 Å². The van der Waals surface area contributed by atoms with Crippen molar-refractivity contribution in [2.75, 3.05) is 0 Å². The minimum Gasteiger partial charge on any atom is -0.301 e. The van der Waals surface area contributed by atoms with Crippen molar-refractivity contribution >= 4 is 11.9 Å². The van der Waals surface area contributed by atoms with Gasteiger partial charge in [0.1, 0.15) is 0 Å². The number of hydrogen-bond donors (Lipinski definition) is 1. The van der Waals surface area contributed by atoms with Gasteiger partial charge in [-0.15, -0.1) is 0 Å². The molecule has 1 unspecified atom stereocenters. The third kappa shape index (κ3) is 5.28. The first-order valence-corrected chi connectivity index (χ1v) is 9.63. The van der Waals surface area contributed by atoms with Crippen LogP contribution in [0.3, 0.4) is 0 Å². The van der Waals surface area contributed by atoms with E-state index in [1.165, 1.54) is 0 Å². The first kappa shape index (κ1) is 19.8. The molecule has 0 aromatic heterocycles. The zero-order valence-corrected chi connectivity index (χ0v) is 16.7. The molecule has 0 saturated heterocycles. The summed E-state index contributed by atoms with van der Waals surface area (Å²) in [7, 11) is 0. The highest BCUT2D eigenvalue weighted by Gasteiger charge is 2.27. The maximum atomic E-state index is 13.5. The number of carbonyl (C=O) groups is 1. The van der Waals surface area contributed by atoms with Gasteiger partial charge in [-0.25, -0.2) is 0 Å². The molecule has 3 aromatic carbocycles. The van der Waals surface area contributed by atoms with Gasteiger partial charge in [0.25, 0.3) is 0 Å². The van der Waals surface area contributed by atoms with Gasteiger partial charge in [-0.2, -0.15) is 0 Å². The second-order valence-corrected chi connectivity index (χ2v) is 7.94. The summed E-state index contributed by atoms with van der Waals surface area (Å²) in [5, 5.41) is 3.65. The van der Waals surface area contributed by atoms with Gasteiger partial charge >= 0.3 is 0 Å². The summed E-state index contributed by atoms with van der Waals surface area (Å²) in [6.45, 7) is 6.36. The van der Waals surface area contributed by atoms with Crippen molar-refractivity contribution in [1.82, 2.24) is 5.32 Å². The average molecular weight is 370 g/mol. The number of hydrogen-bond acceptors (Lipinski definition) is 2. The van der Waals surface area contributed by atoms with Gasteiger partial charge in [-0.3, -0.25) is 4.79 Å². The Bertz CT molecular complexity index is 922. The molecule has 0 aliphatic rings. The predicted molar refractivity (Wildman–Crippen MR) is 117 cm³/mol. The molecule has 1 atom stereocenters. The van der Waals surface area contributed by atoms with Gasteiger partial charge in [0.05, 0.1) is 6.04 Å². The van der Waals surface area contributed by atoms with E-state index in [-0.39, 0.29) is 17.4 Å². The lowest BCUT2D eigenvalue weighted by Crippen LogP contribution is -2.40. The van der Waals surface area contributed by atoms with Crippen LogP contribution in [0, 0.1) is 0 Å². The summed E-state index contributed by atoms with van der Waals surface area (Å²) in [5.74, 6) is 0.0371. The van der Waals surface area contributed by atoms with Gasteiger partial charge < -0.3 is 5.32 Å². The molecule has 0 spiro atoms. The van der Waals surface area contributed by atoms with Gasteiger partial charge in [0.2, 0.25) is 0 Å². The summed E-state index contributed by atoms with van der Waals surface area (Å²) >= 11 is 0. The van der Waals surface area contributed by atoms with Crippen LogP contribution in [-0.2, 0) is 0 Å². The minimum absolute atomic E-state index is 0.0371. The Labute approximate surface area is 167 Å². The monoisotopic (exact) mass is 369 g/mol. The standard InChI is InChI=1S/C26H27NO/c1-26(2,3)27-24(21-15-9-5-10-16-21)23(19-20-13-7-4-8-14-20)25(28)22-17-11-6-12-18-22/h4-19,24,27H,1-3H3/b23-19-. The first-order valence-electron chi connectivity index (χ1n) is 9.63. The Balaban J connectivity index is 2.14. The van der Waals surface area contributed by atoms with Gasteiger partial charge in [-0.1, -0.05) is 91.0 Å². The van der Waals surface area contributed by atoms with Crippen molar-refractivity contribution in [1.29, 1.82) is 0 Å². The normalized spacial score (nSPS) is 13.2. The van der Waals surface area contributed by atoms with Gasteiger partial charge in [0, 0.05) is 16.7 Å². The highest BCUT2D eigenvalue weighted by atomic mass is 16.1. The Kier molecular flexibility index (Phi) is 6.23. The molecule has 0 heterocycles. The van der Waals surface area contributed by atoms with Crippen LogP contribution < -0.4 is 5.32 Å². The maximum Gasteiger partial charge on any atom is 0.190 e. The molecule has 0 bridgehead atoms. The average Bonchev–Trinajstić information content (AvgIpc) is 2.71. The smallest absolute Gasteiger partial charge is 0.190 e. The minimum atomic E-state index is -0.214. The molecule has 2 nitrogen and oxygen atoms in total. The summed E-state index contributed by atoms with van der Waals surface area (Å²) in [6.07, 6.45) is 2.01. The second-order valence-electron chi connectivity index (χ2n) is 7.94. The van der Waals surface area contributed by atoms with Crippen LogP contribution in [0.1, 0.15) is 48.3 Å². The Morgan fingerprint density at radius 1 is 0.786 bits per heavy atom. The molecule has 0 radical (unpaired) electrons. The Hall–Kier alpha value is -2.97. The van der Waals surface area contributed by atoms with Crippen LogP contribution in [0.5, 0.6) is 0 Å². The lowest BCUT2D eigenvalue weighted by atomic mass is 9.89. The number of Topliss-reactive ketones (excluding diaryl/α,β-unsaturated/α-hetero) is 1. The van der Waals surface area contributed by atoms with Crippen LogP contribution in [0.2, 0.25) is 0 Å². The van der Waals surface area contributed by atoms with Crippen molar-refractivity contribution in [3.05, 3.63) is 113 Å². The quantitative estimate of drug-likeness (QED) is 0.421. The molecule has 0 saturated carbocycles. The highest BCUT2D eigenvalue weighted by molar-refractivity contribution is 6.12. The molecule has 0 aliphatic heterocycles. The first-order chi connectivity index (χ1) is 13.4. The van der Waals surface area contributed by atoms with Crippen molar-refractivity contribution in [3.63, 3.8) is 0 Å². The largest absolute Gasteiger partial charge is 0.301 e. The molecule has 0 fully saturated rings. The maximum absolute atomic E-state index is 13.5. The van der Waals surface area contributed by atoms with Crippen molar-refractivity contribution in [3.8, 4) is 0 Å². The zero-order chi connectivity index (χ0) is 20.0. The number of nitrogens with one attached hydrogen (secondary N) is 1. The highest BCUT2D eigenvalue weighted by Crippen LogP contribution is 2.29. The van der Waals surface area contributed by atoms with Crippen LogP contribution in [-0.4, -0.2) is 11.3 Å². The fraction of sp³-hybridized carbons (Fsp3) is 0.192. The molecule has 28 heavy (non-hydrogen) atoms. The topological polar surface area (TPSA) is 29.1 Å². The van der Waals surface area contributed by atoms with Crippen molar-refractivity contribution < 1.29 is 4.79 Å². The molecule has 1 N–H and O–H groups in total. The van der Waals surface area contributed by atoms with E-state index in [0.717, 1.165) is 16.7 Å². The molecular weight excluding hydrogens is 342 g/mol. The van der Waals surface area contributed by atoms with E-state index < -0.39 is 0 Å². The fourth-order valence-corrected chi connectivity index (χ4v) is 3.18. The van der Waals surface area contributed by atoms with Gasteiger partial charge in [-0.05, 0) is 38.0 Å². The van der Waals surface area contributed by atoms with Crippen LogP contribution in [0.4, 0.5) is 0 Å². The van der Waals surface area contributed by atoms with Crippen LogP contribution in [0.25, 0.3) is 6.08 Å². The number of rotatable bonds is 6. The van der Waals surface area contributed by atoms with E-state index in [1.54, 1.807) is 0 Å². The fourth-order valence-electron chi connectivity index (χ4n) is 3.18. The lowest BCUT2D eigenvalue weighted by Gasteiger charge is -2.30. The Morgan fingerprint density at radius 2 is 1.29 bits per heavy atom. The van der Waals surface area contributed by atoms with E-state index in [4.69, 9.17) is 0 Å². The number of benzene rings is 3. The zero-order valence-electron chi connectivity index (χ0n) is 16.7. The van der Waals surface area contributed by atoms with E-state index in [2.05, 4.69) is 38.2 Å². The SMILES string of the molecule is CC(C)(C)NC(/C(=C/c1ccccc1)C(=O)c1ccccc1)c1ccccc1. The molecule has 0 amide bonds. The third-order valence-corrected chi connectivity index (χ3v) is 4.44. The molecular formula is C26H27NO. The summed E-state index contributed by atoms with van der Waals surface area (Å²) in [6, 6.07) is 29.5. The van der Waals surface area contributed by atoms with Crippen LogP contribution >= 0.6 is 0 Å². The van der Waals surface area contributed by atoms with E-state index in [0.29, 0.717) is 5.56 Å².